The van der Waals surface area contributed by atoms with E-state index >= 15 is 0 Å². The van der Waals surface area contributed by atoms with Crippen LogP contribution in [0.15, 0.2) is 36.6 Å². The molecule has 176 valence electrons. The minimum Gasteiger partial charge on any atom is -0.477 e. The third kappa shape index (κ3) is 5.67. The summed E-state index contributed by atoms with van der Waals surface area (Å²) in [5, 5.41) is 21.9. The van der Waals surface area contributed by atoms with Crippen LogP contribution >= 0.6 is 0 Å². The third-order valence-corrected chi connectivity index (χ3v) is 5.27. The van der Waals surface area contributed by atoms with E-state index in [-0.39, 0.29) is 45.0 Å². The van der Waals surface area contributed by atoms with Crippen LogP contribution in [0.5, 0.6) is 0 Å². The van der Waals surface area contributed by atoms with Crippen LogP contribution in [-0.2, 0) is 19.1 Å². The molecule has 0 radical (unpaired) electrons. The van der Waals surface area contributed by atoms with Crippen molar-refractivity contribution in [2.75, 3.05) is 32.8 Å². The van der Waals surface area contributed by atoms with Crippen LogP contribution in [0, 0.1) is 5.92 Å². The molecule has 0 aromatic rings. The molecule has 2 heterocycles. The summed E-state index contributed by atoms with van der Waals surface area (Å²) in [6, 6.07) is -0.397. The quantitative estimate of drug-likeness (QED) is 0.293. The Morgan fingerprint density at radius 2 is 1.91 bits per heavy atom. The molecule has 1 fully saturated rings. The molecule has 2 aliphatic heterocycles. The molecule has 0 aromatic heterocycles. The fourth-order valence-corrected chi connectivity index (χ4v) is 3.85. The Labute approximate surface area is 185 Å². The van der Waals surface area contributed by atoms with Crippen molar-refractivity contribution in [3.63, 3.8) is 0 Å². The number of amides is 3. The Balaban J connectivity index is 2.04. The summed E-state index contributed by atoms with van der Waals surface area (Å²) >= 11 is 0. The normalized spacial score (nSPS) is 20.1. The summed E-state index contributed by atoms with van der Waals surface area (Å²) in [5.41, 5.74) is 0.418. The maximum atomic E-state index is 12.4. The molecule has 0 bridgehead atoms. The van der Waals surface area contributed by atoms with Crippen LogP contribution in [0.4, 0.5) is 9.59 Å². The molecule has 3 amide bonds. The lowest BCUT2D eigenvalue weighted by Gasteiger charge is -2.44. The van der Waals surface area contributed by atoms with Crippen molar-refractivity contribution < 1.29 is 38.9 Å². The predicted octanol–water partition coefficient (Wildman–Crippen LogP) is 0.864. The highest BCUT2D eigenvalue weighted by atomic mass is 16.6. The fourth-order valence-electron chi connectivity index (χ4n) is 3.85. The number of nitrogens with zero attached hydrogens (tertiary/aromatic N) is 2. The molecule has 3 atom stereocenters. The molecule has 3 N–H and O–H groups in total. The molecule has 0 aromatic carbocycles. The van der Waals surface area contributed by atoms with Gasteiger partial charge in [-0.15, -0.1) is 0 Å². The maximum Gasteiger partial charge on any atom is 0.410 e. The van der Waals surface area contributed by atoms with Gasteiger partial charge in [-0.1, -0.05) is 25.3 Å². The van der Waals surface area contributed by atoms with Crippen LogP contribution in [0.25, 0.3) is 0 Å². The van der Waals surface area contributed by atoms with E-state index in [0.29, 0.717) is 12.0 Å². The van der Waals surface area contributed by atoms with E-state index in [9.17, 15) is 29.4 Å². The van der Waals surface area contributed by atoms with Crippen LogP contribution in [0.3, 0.4) is 0 Å². The first-order chi connectivity index (χ1) is 15.2. The largest absolute Gasteiger partial charge is 0.477 e. The Bertz CT molecular complexity index is 807. The second-order valence-electron chi connectivity index (χ2n) is 7.42. The minimum absolute atomic E-state index is 0.00632. The summed E-state index contributed by atoms with van der Waals surface area (Å²) in [6.45, 7) is 8.76. The Morgan fingerprint density at radius 3 is 2.50 bits per heavy atom. The molecule has 0 aliphatic carbocycles. The number of aliphatic carboxylic acids is 1. The van der Waals surface area contributed by atoms with Crippen LogP contribution in [0.2, 0.25) is 0 Å². The molecule has 0 saturated carbocycles. The van der Waals surface area contributed by atoms with Gasteiger partial charge < -0.3 is 34.8 Å². The van der Waals surface area contributed by atoms with Gasteiger partial charge in [0.1, 0.15) is 18.9 Å². The highest BCUT2D eigenvalue weighted by Crippen LogP contribution is 2.44. The van der Waals surface area contributed by atoms with Crippen molar-refractivity contribution in [1.82, 2.24) is 15.1 Å². The van der Waals surface area contributed by atoms with Crippen molar-refractivity contribution in [2.24, 2.45) is 5.92 Å². The molecule has 0 spiro atoms. The number of alkyl carbamates (subject to hydrolysis) is 1. The molecule has 11 heteroatoms. The zero-order chi connectivity index (χ0) is 23.8. The monoisotopic (exact) mass is 451 g/mol. The maximum absolute atomic E-state index is 12.4. The highest BCUT2D eigenvalue weighted by molar-refractivity contribution is 5.99. The van der Waals surface area contributed by atoms with Gasteiger partial charge in [-0.25, -0.2) is 14.4 Å². The minimum atomic E-state index is -1.23. The lowest BCUT2D eigenvalue weighted by Crippen LogP contribution is -2.61. The smallest absolute Gasteiger partial charge is 0.410 e. The first kappa shape index (κ1) is 24.9. The van der Waals surface area contributed by atoms with Gasteiger partial charge in [0, 0.05) is 19.6 Å². The fraction of sp³-hybridized carbons (Fsp3) is 0.524. The second-order valence-corrected chi connectivity index (χ2v) is 7.42. The van der Waals surface area contributed by atoms with E-state index in [0.717, 1.165) is 0 Å². The number of carboxylic acids is 1. The van der Waals surface area contributed by atoms with E-state index in [1.165, 1.54) is 28.9 Å². The average Bonchev–Trinajstić information content (AvgIpc) is 3.06. The van der Waals surface area contributed by atoms with E-state index in [2.05, 4.69) is 18.5 Å². The first-order valence-electron chi connectivity index (χ1n) is 10.2. The molecule has 2 rings (SSSR count). The van der Waals surface area contributed by atoms with Gasteiger partial charge >= 0.3 is 18.2 Å². The van der Waals surface area contributed by atoms with E-state index in [4.69, 9.17) is 9.47 Å². The summed E-state index contributed by atoms with van der Waals surface area (Å²) < 4.78 is 9.87. The zero-order valence-electron chi connectivity index (χ0n) is 18.0. The zero-order valence-corrected chi connectivity index (χ0v) is 18.0. The second kappa shape index (κ2) is 11.3. The van der Waals surface area contributed by atoms with E-state index in [1.807, 2.05) is 0 Å². The number of β-lactam (4-membered cyclic amide) rings is 1. The standard InChI is InChI=1S/C21H29N3O8/c1-4-10-31-20(29)22-7-9-23(21(30)32-11-5-2)8-6-14-12-15-16(13(3)25)18(26)24(15)17(14)19(27)28/h4-5,13,15-16,25H,1-2,6-12H2,3H3,(H,22,29)(H,27,28)/t13-,15-,16-/m1/s1. The number of hydrogen-bond acceptors (Lipinski definition) is 7. The highest BCUT2D eigenvalue weighted by Gasteiger charge is 2.56. The van der Waals surface area contributed by atoms with E-state index in [1.54, 1.807) is 0 Å². The lowest BCUT2D eigenvalue weighted by atomic mass is 9.83. The number of fused-ring (bicyclic) bond motifs is 1. The number of carbonyl (C=O) groups is 4. The molecule has 32 heavy (non-hydrogen) atoms. The summed E-state index contributed by atoms with van der Waals surface area (Å²) in [4.78, 5) is 50.5. The molecule has 2 aliphatic rings. The van der Waals surface area contributed by atoms with Crippen molar-refractivity contribution in [3.05, 3.63) is 36.6 Å². The van der Waals surface area contributed by atoms with Gasteiger partial charge in [-0.3, -0.25) is 4.79 Å². The lowest BCUT2D eigenvalue weighted by molar-refractivity contribution is -0.161. The number of ether oxygens (including phenoxy) is 2. The molecule has 1 saturated heterocycles. The number of carboxylic acid groups (broad SMARTS) is 1. The van der Waals surface area contributed by atoms with E-state index < -0.39 is 42.1 Å². The number of hydrogen-bond donors (Lipinski definition) is 3. The van der Waals surface area contributed by atoms with Crippen molar-refractivity contribution in [2.45, 2.75) is 31.9 Å². The van der Waals surface area contributed by atoms with Gasteiger partial charge in [0.2, 0.25) is 5.91 Å². The molecular weight excluding hydrogens is 422 g/mol. The predicted molar refractivity (Wildman–Crippen MR) is 112 cm³/mol. The van der Waals surface area contributed by atoms with Gasteiger partial charge in [0.05, 0.1) is 18.1 Å². The van der Waals surface area contributed by atoms with Crippen LogP contribution in [0.1, 0.15) is 19.8 Å². The van der Waals surface area contributed by atoms with Gasteiger partial charge in [-0.2, -0.15) is 0 Å². The number of rotatable bonds is 12. The number of aliphatic hydroxyl groups is 1. The topological polar surface area (TPSA) is 146 Å². The SMILES string of the molecule is C=CCOC(=O)NCCN(CCC1=C(C(=O)O)N2C(=O)[C@H]([C@@H](C)O)[C@H]2C1)C(=O)OCC=C. The number of carbonyl (C=O) groups excluding carboxylic acids is 3. The first-order valence-corrected chi connectivity index (χ1v) is 10.2. The van der Waals surface area contributed by atoms with Gasteiger partial charge in [-0.05, 0) is 25.3 Å². The van der Waals surface area contributed by atoms with Gasteiger partial charge in [0.25, 0.3) is 0 Å². The molecule has 0 unspecified atom stereocenters. The van der Waals surface area contributed by atoms with Crippen molar-refractivity contribution >= 4 is 24.1 Å². The Morgan fingerprint density at radius 1 is 1.25 bits per heavy atom. The Hall–Kier alpha value is -3.34. The molecular formula is C21H29N3O8. The average molecular weight is 451 g/mol. The summed E-state index contributed by atoms with van der Waals surface area (Å²) in [5.74, 6) is -2.28. The summed E-state index contributed by atoms with van der Waals surface area (Å²) in [7, 11) is 0. The number of nitrogens with one attached hydrogen (secondary N) is 1. The number of aliphatic hydroxyl groups excluding tert-OH is 1. The van der Waals surface area contributed by atoms with Crippen LogP contribution in [-0.4, -0.2) is 89.1 Å². The summed E-state index contributed by atoms with van der Waals surface area (Å²) in [6.07, 6.45) is 1.14. The molecule has 11 nitrogen and oxygen atoms in total. The van der Waals surface area contributed by atoms with Gasteiger partial charge in [0.15, 0.2) is 0 Å². The van der Waals surface area contributed by atoms with Crippen molar-refractivity contribution in [3.8, 4) is 0 Å². The third-order valence-electron chi connectivity index (χ3n) is 5.27. The Kier molecular flexibility index (Phi) is 8.82. The van der Waals surface area contributed by atoms with Crippen LogP contribution < -0.4 is 5.32 Å². The van der Waals surface area contributed by atoms with Crippen molar-refractivity contribution in [1.29, 1.82) is 0 Å².